The summed E-state index contributed by atoms with van der Waals surface area (Å²) in [6.45, 7) is 0.742. The van der Waals surface area contributed by atoms with Crippen LogP contribution in [0, 0.1) is 0 Å². The molecule has 4 rings (SSSR count). The molecule has 2 aliphatic rings. The Morgan fingerprint density at radius 1 is 1.06 bits per heavy atom. The molecule has 1 fully saturated rings. The van der Waals surface area contributed by atoms with Crippen LogP contribution in [0.25, 0.3) is 0 Å². The summed E-state index contributed by atoms with van der Waals surface area (Å²) in [5, 5.41) is 51.6. The van der Waals surface area contributed by atoms with E-state index >= 15 is 0 Å². The highest BCUT2D eigenvalue weighted by molar-refractivity contribution is 6.01. The lowest BCUT2D eigenvalue weighted by Crippen LogP contribution is -2.60. The van der Waals surface area contributed by atoms with Gasteiger partial charge in [0.15, 0.2) is 28.8 Å². The van der Waals surface area contributed by atoms with Gasteiger partial charge in [-0.15, -0.1) is 0 Å². The monoisotopic (exact) mass is 506 g/mol. The number of hydrogen-bond donors (Lipinski definition) is 5. The van der Waals surface area contributed by atoms with Crippen molar-refractivity contribution in [3.63, 3.8) is 0 Å². The summed E-state index contributed by atoms with van der Waals surface area (Å²) in [4.78, 5) is 23.8. The molecule has 5 N–H and O–H groups in total. The van der Waals surface area contributed by atoms with Crippen molar-refractivity contribution in [2.45, 2.75) is 50.2 Å². The lowest BCUT2D eigenvalue weighted by molar-refractivity contribution is -0.278. The van der Waals surface area contributed by atoms with Gasteiger partial charge in [0.05, 0.1) is 19.1 Å². The maximum absolute atomic E-state index is 12.7. The smallest absolute Gasteiger partial charge is 0.302 e. The summed E-state index contributed by atoms with van der Waals surface area (Å²) in [5.41, 5.74) is 0.566. The number of fused-ring (bicyclic) bond motifs is 1. The van der Waals surface area contributed by atoms with Crippen molar-refractivity contribution in [3.8, 4) is 28.7 Å². The minimum atomic E-state index is -1.72. The molecule has 12 heteroatoms. The number of rotatable bonds is 6. The first kappa shape index (κ1) is 25.5. The molecule has 36 heavy (non-hydrogen) atoms. The second kappa shape index (κ2) is 10.2. The van der Waals surface area contributed by atoms with Gasteiger partial charge in [-0.05, 0) is 29.8 Å². The zero-order chi connectivity index (χ0) is 26.1. The SMILES string of the molecule is COc1ccc(C2CC(=O)c3ccc(O[C@@H]4O[C@H](COC(C)=O)[C@@H](O)[C@H](O)[C@H]4O)c(O)c3O2)cc1O. The molecule has 2 aliphatic heterocycles. The highest BCUT2D eigenvalue weighted by Gasteiger charge is 2.46. The number of ether oxygens (including phenoxy) is 5. The molecule has 1 unspecified atom stereocenters. The fourth-order valence-electron chi connectivity index (χ4n) is 4.02. The normalized spacial score (nSPS) is 27.5. The minimum absolute atomic E-state index is 0.0508. The number of Topliss-reactive ketones (excluding diaryl/α,β-unsaturated/α-hetero) is 1. The van der Waals surface area contributed by atoms with Crippen LogP contribution in [0.4, 0.5) is 0 Å². The molecule has 0 spiro atoms. The number of aliphatic hydroxyl groups excluding tert-OH is 3. The van der Waals surface area contributed by atoms with Gasteiger partial charge in [-0.1, -0.05) is 6.07 Å². The molecule has 194 valence electrons. The predicted octanol–water partition coefficient (Wildman–Crippen LogP) is 0.562. The van der Waals surface area contributed by atoms with Gasteiger partial charge in [0, 0.05) is 6.92 Å². The maximum Gasteiger partial charge on any atom is 0.302 e. The second-order valence-corrected chi connectivity index (χ2v) is 8.39. The first-order chi connectivity index (χ1) is 17.1. The van der Waals surface area contributed by atoms with E-state index in [0.717, 1.165) is 6.92 Å². The molecule has 0 radical (unpaired) electrons. The molecule has 0 aromatic heterocycles. The zero-order valence-electron chi connectivity index (χ0n) is 19.4. The average Bonchev–Trinajstić information content (AvgIpc) is 2.85. The highest BCUT2D eigenvalue weighted by atomic mass is 16.7. The fraction of sp³-hybridized carbons (Fsp3) is 0.417. The summed E-state index contributed by atoms with van der Waals surface area (Å²) in [6.07, 6.45) is -8.66. The number of phenols is 2. The molecule has 2 heterocycles. The third kappa shape index (κ3) is 4.88. The number of phenolic OH excluding ortho intramolecular Hbond substituents is 2. The Morgan fingerprint density at radius 2 is 1.78 bits per heavy atom. The number of aliphatic hydroxyl groups is 3. The molecule has 0 saturated carbocycles. The van der Waals surface area contributed by atoms with Crippen LogP contribution < -0.4 is 14.2 Å². The molecule has 0 aliphatic carbocycles. The molecular formula is C24H26O12. The van der Waals surface area contributed by atoms with Gasteiger partial charge in [-0.3, -0.25) is 9.59 Å². The van der Waals surface area contributed by atoms with E-state index in [1.807, 2.05) is 0 Å². The van der Waals surface area contributed by atoms with E-state index in [0.29, 0.717) is 5.56 Å². The van der Waals surface area contributed by atoms with Crippen molar-refractivity contribution >= 4 is 11.8 Å². The Labute approximate surface area is 205 Å². The summed E-state index contributed by atoms with van der Waals surface area (Å²) in [5.74, 6) is -1.85. The van der Waals surface area contributed by atoms with Crippen molar-refractivity contribution in [2.75, 3.05) is 13.7 Å². The van der Waals surface area contributed by atoms with Crippen molar-refractivity contribution in [1.29, 1.82) is 0 Å². The molecule has 1 saturated heterocycles. The summed E-state index contributed by atoms with van der Waals surface area (Å²) >= 11 is 0. The Kier molecular flexibility index (Phi) is 7.22. The molecule has 2 aromatic rings. The molecule has 0 amide bonds. The van der Waals surface area contributed by atoms with Gasteiger partial charge in [-0.2, -0.15) is 0 Å². The van der Waals surface area contributed by atoms with Gasteiger partial charge >= 0.3 is 5.97 Å². The number of carbonyl (C=O) groups excluding carboxylic acids is 2. The number of benzene rings is 2. The second-order valence-electron chi connectivity index (χ2n) is 8.39. The van der Waals surface area contributed by atoms with Crippen LogP contribution in [-0.4, -0.2) is 81.7 Å². The van der Waals surface area contributed by atoms with Crippen LogP contribution in [0.3, 0.4) is 0 Å². The number of aromatic hydroxyl groups is 2. The van der Waals surface area contributed by atoms with Crippen LogP contribution in [0.2, 0.25) is 0 Å². The van der Waals surface area contributed by atoms with Crippen molar-refractivity contribution in [3.05, 3.63) is 41.5 Å². The van der Waals surface area contributed by atoms with Crippen LogP contribution in [0.5, 0.6) is 28.7 Å². The Bertz CT molecular complexity index is 1150. The van der Waals surface area contributed by atoms with E-state index in [-0.39, 0.29) is 40.8 Å². The van der Waals surface area contributed by atoms with Crippen LogP contribution in [0.15, 0.2) is 30.3 Å². The predicted molar refractivity (Wildman–Crippen MR) is 119 cm³/mol. The molecule has 12 nitrogen and oxygen atoms in total. The lowest BCUT2D eigenvalue weighted by Gasteiger charge is -2.40. The van der Waals surface area contributed by atoms with E-state index < -0.39 is 55.1 Å². The molecular weight excluding hydrogens is 480 g/mol. The van der Waals surface area contributed by atoms with E-state index in [4.69, 9.17) is 23.7 Å². The van der Waals surface area contributed by atoms with Gasteiger partial charge in [0.2, 0.25) is 12.0 Å². The Morgan fingerprint density at radius 3 is 2.44 bits per heavy atom. The first-order valence-electron chi connectivity index (χ1n) is 11.0. The van der Waals surface area contributed by atoms with Crippen molar-refractivity contribution in [2.24, 2.45) is 0 Å². The number of methoxy groups -OCH3 is 1. The van der Waals surface area contributed by atoms with Gasteiger partial charge in [0.1, 0.15) is 37.1 Å². The van der Waals surface area contributed by atoms with Gasteiger partial charge in [0.25, 0.3) is 0 Å². The average molecular weight is 506 g/mol. The molecule has 0 bridgehead atoms. The van der Waals surface area contributed by atoms with E-state index in [1.165, 1.54) is 31.4 Å². The van der Waals surface area contributed by atoms with Crippen molar-refractivity contribution < 1.29 is 58.8 Å². The minimum Gasteiger partial charge on any atom is -0.504 e. The van der Waals surface area contributed by atoms with Crippen molar-refractivity contribution in [1.82, 2.24) is 0 Å². The summed E-state index contributed by atoms with van der Waals surface area (Å²) < 4.78 is 26.7. The number of hydrogen-bond acceptors (Lipinski definition) is 12. The fourth-order valence-corrected chi connectivity index (χ4v) is 4.02. The lowest BCUT2D eigenvalue weighted by atomic mass is 9.95. The van der Waals surface area contributed by atoms with Gasteiger partial charge < -0.3 is 49.2 Å². The molecule has 2 aromatic carbocycles. The van der Waals surface area contributed by atoms with Gasteiger partial charge in [-0.25, -0.2) is 0 Å². The first-order valence-corrected chi connectivity index (χ1v) is 11.0. The number of esters is 1. The third-order valence-electron chi connectivity index (χ3n) is 5.96. The maximum atomic E-state index is 12.7. The zero-order valence-corrected chi connectivity index (χ0v) is 19.4. The third-order valence-corrected chi connectivity index (χ3v) is 5.96. The van der Waals surface area contributed by atoms with E-state index in [9.17, 15) is 35.1 Å². The Hall–Kier alpha value is -3.58. The summed E-state index contributed by atoms with van der Waals surface area (Å²) in [7, 11) is 1.40. The highest BCUT2D eigenvalue weighted by Crippen LogP contribution is 2.46. The van der Waals surface area contributed by atoms with E-state index in [1.54, 1.807) is 6.07 Å². The quantitative estimate of drug-likeness (QED) is 0.344. The topological polar surface area (TPSA) is 181 Å². The standard InChI is InChI=1S/C24H26O12/c1-10(25)33-9-18-19(28)21(30)22(31)24(36-18)35-16-6-4-12-13(26)8-17(34-23(12)20(16)29)11-3-5-15(32-2)14(27)7-11/h3-7,17-19,21-22,24,27-31H,8-9H2,1-2H3/t17?,18-,19-,21+,22-,24-/m1/s1. The summed E-state index contributed by atoms with van der Waals surface area (Å²) in [6, 6.07) is 7.15. The number of carbonyl (C=O) groups is 2. The molecule has 6 atom stereocenters. The Balaban J connectivity index is 1.57. The van der Waals surface area contributed by atoms with Crippen LogP contribution in [0.1, 0.15) is 35.4 Å². The van der Waals surface area contributed by atoms with Crippen LogP contribution in [-0.2, 0) is 14.3 Å². The van der Waals surface area contributed by atoms with E-state index in [2.05, 4.69) is 0 Å². The van der Waals surface area contributed by atoms with Crippen LogP contribution >= 0.6 is 0 Å². The largest absolute Gasteiger partial charge is 0.504 e. The number of ketones is 1.